The second kappa shape index (κ2) is 4.25. The van der Waals surface area contributed by atoms with Crippen molar-refractivity contribution in [1.82, 2.24) is 14.3 Å². The molecule has 1 aromatic heterocycles. The molecular formula is C9H17N3O. The third-order valence-electron chi connectivity index (χ3n) is 2.15. The maximum atomic E-state index is 11.4. The van der Waals surface area contributed by atoms with Crippen LogP contribution in [0.25, 0.3) is 0 Å². The number of aromatic nitrogens is 3. The lowest BCUT2D eigenvalue weighted by molar-refractivity contribution is 0.647. The normalized spacial score (nSPS) is 10.7. The van der Waals surface area contributed by atoms with Gasteiger partial charge in [0.05, 0.1) is 0 Å². The van der Waals surface area contributed by atoms with Crippen LogP contribution in [0.1, 0.15) is 32.5 Å². The average Bonchev–Trinajstić information content (AvgIpc) is 2.39. The highest BCUT2D eigenvalue weighted by Crippen LogP contribution is 1.99. The lowest BCUT2D eigenvalue weighted by Crippen LogP contribution is -2.22. The standard InChI is InChI=1S/C9H17N3O/c1-4-6-7-8-10-11(3)9(13)12(8)5-2/h4-7H2,1-3H3. The Bertz CT molecular complexity index is 324. The molecule has 0 atom stereocenters. The Kier molecular flexibility index (Phi) is 3.28. The maximum absolute atomic E-state index is 11.4. The molecule has 13 heavy (non-hydrogen) atoms. The van der Waals surface area contributed by atoms with Gasteiger partial charge in [-0.1, -0.05) is 13.3 Å². The maximum Gasteiger partial charge on any atom is 0.345 e. The van der Waals surface area contributed by atoms with Gasteiger partial charge in [0.2, 0.25) is 0 Å². The van der Waals surface area contributed by atoms with Crippen molar-refractivity contribution in [3.8, 4) is 0 Å². The quantitative estimate of drug-likeness (QED) is 0.697. The van der Waals surface area contributed by atoms with Crippen molar-refractivity contribution in [2.75, 3.05) is 0 Å². The Labute approximate surface area is 78.2 Å². The molecule has 4 nitrogen and oxygen atoms in total. The van der Waals surface area contributed by atoms with E-state index in [1.54, 1.807) is 11.6 Å². The van der Waals surface area contributed by atoms with Crippen LogP contribution in [0.2, 0.25) is 0 Å². The summed E-state index contributed by atoms with van der Waals surface area (Å²) < 4.78 is 3.14. The number of aryl methyl sites for hydroxylation is 2. The van der Waals surface area contributed by atoms with Crippen LogP contribution < -0.4 is 5.69 Å². The van der Waals surface area contributed by atoms with E-state index in [1.807, 2.05) is 6.92 Å². The minimum absolute atomic E-state index is 0.00592. The number of hydrogen-bond acceptors (Lipinski definition) is 2. The van der Waals surface area contributed by atoms with Crippen LogP contribution in [0.15, 0.2) is 4.79 Å². The van der Waals surface area contributed by atoms with Crippen molar-refractivity contribution >= 4 is 0 Å². The van der Waals surface area contributed by atoms with Crippen molar-refractivity contribution in [3.05, 3.63) is 16.3 Å². The molecule has 1 rings (SSSR count). The summed E-state index contributed by atoms with van der Waals surface area (Å²) in [5.74, 6) is 0.914. The van der Waals surface area contributed by atoms with Crippen LogP contribution in [0.4, 0.5) is 0 Å². The highest BCUT2D eigenvalue weighted by atomic mass is 16.2. The molecule has 1 heterocycles. The van der Waals surface area contributed by atoms with Crippen molar-refractivity contribution < 1.29 is 0 Å². The Morgan fingerprint density at radius 1 is 1.38 bits per heavy atom. The molecule has 0 spiro atoms. The molecule has 1 aromatic rings. The zero-order chi connectivity index (χ0) is 9.84. The van der Waals surface area contributed by atoms with Crippen molar-refractivity contribution in [2.45, 2.75) is 39.7 Å². The van der Waals surface area contributed by atoms with E-state index < -0.39 is 0 Å². The molecule has 0 aromatic carbocycles. The fourth-order valence-electron chi connectivity index (χ4n) is 1.39. The van der Waals surface area contributed by atoms with Crippen LogP contribution in [0, 0.1) is 0 Å². The number of hydrogen-bond donors (Lipinski definition) is 0. The lowest BCUT2D eigenvalue weighted by Gasteiger charge is -1.99. The molecule has 0 fully saturated rings. The van der Waals surface area contributed by atoms with Gasteiger partial charge >= 0.3 is 5.69 Å². The summed E-state index contributed by atoms with van der Waals surface area (Å²) in [6.07, 6.45) is 3.13. The van der Waals surface area contributed by atoms with Gasteiger partial charge in [-0.2, -0.15) is 5.10 Å². The van der Waals surface area contributed by atoms with Gasteiger partial charge < -0.3 is 0 Å². The summed E-state index contributed by atoms with van der Waals surface area (Å²) in [5.41, 5.74) is -0.00592. The van der Waals surface area contributed by atoms with E-state index in [1.165, 1.54) is 4.68 Å². The van der Waals surface area contributed by atoms with E-state index in [4.69, 9.17) is 0 Å². The predicted molar refractivity (Wildman–Crippen MR) is 51.8 cm³/mol. The predicted octanol–water partition coefficient (Wildman–Crippen LogP) is 0.944. The summed E-state index contributed by atoms with van der Waals surface area (Å²) in [4.78, 5) is 11.4. The van der Waals surface area contributed by atoms with Crippen LogP contribution in [-0.4, -0.2) is 14.3 Å². The van der Waals surface area contributed by atoms with Crippen LogP contribution in [0.5, 0.6) is 0 Å². The molecule has 0 saturated carbocycles. The molecule has 0 amide bonds. The smallest absolute Gasteiger partial charge is 0.279 e. The fraction of sp³-hybridized carbons (Fsp3) is 0.778. The lowest BCUT2D eigenvalue weighted by atomic mass is 10.2. The first kappa shape index (κ1) is 10.0. The van der Waals surface area contributed by atoms with Crippen molar-refractivity contribution in [1.29, 1.82) is 0 Å². The summed E-state index contributed by atoms with van der Waals surface area (Å²) in [7, 11) is 1.70. The first-order chi connectivity index (χ1) is 6.20. The van der Waals surface area contributed by atoms with Gasteiger partial charge in [-0.05, 0) is 13.3 Å². The Hall–Kier alpha value is -1.06. The minimum atomic E-state index is -0.00592. The molecule has 4 heteroatoms. The molecule has 0 radical (unpaired) electrons. The fourth-order valence-corrected chi connectivity index (χ4v) is 1.39. The number of rotatable bonds is 4. The van der Waals surface area contributed by atoms with E-state index >= 15 is 0 Å². The first-order valence-electron chi connectivity index (χ1n) is 4.83. The van der Waals surface area contributed by atoms with E-state index in [9.17, 15) is 4.79 Å². The molecule has 0 aliphatic rings. The zero-order valence-corrected chi connectivity index (χ0v) is 8.58. The van der Waals surface area contributed by atoms with Gasteiger partial charge in [0, 0.05) is 20.0 Å². The van der Waals surface area contributed by atoms with Gasteiger partial charge in [-0.3, -0.25) is 4.57 Å². The second-order valence-corrected chi connectivity index (χ2v) is 3.17. The van der Waals surface area contributed by atoms with E-state index in [0.29, 0.717) is 6.54 Å². The monoisotopic (exact) mass is 183 g/mol. The zero-order valence-electron chi connectivity index (χ0n) is 8.58. The van der Waals surface area contributed by atoms with E-state index in [-0.39, 0.29) is 5.69 Å². The SMILES string of the molecule is CCCCc1nn(C)c(=O)n1CC. The van der Waals surface area contributed by atoms with E-state index in [2.05, 4.69) is 12.0 Å². The minimum Gasteiger partial charge on any atom is -0.279 e. The van der Waals surface area contributed by atoms with Gasteiger partial charge in [0.1, 0.15) is 5.82 Å². The van der Waals surface area contributed by atoms with Crippen molar-refractivity contribution in [2.24, 2.45) is 7.05 Å². The molecule has 0 saturated heterocycles. The first-order valence-corrected chi connectivity index (χ1v) is 4.83. The molecule has 0 unspecified atom stereocenters. The third-order valence-corrected chi connectivity index (χ3v) is 2.15. The van der Waals surface area contributed by atoms with Gasteiger partial charge in [-0.15, -0.1) is 0 Å². The highest BCUT2D eigenvalue weighted by Gasteiger charge is 2.07. The Morgan fingerprint density at radius 3 is 2.62 bits per heavy atom. The topological polar surface area (TPSA) is 39.8 Å². The second-order valence-electron chi connectivity index (χ2n) is 3.17. The van der Waals surface area contributed by atoms with Gasteiger partial charge in [-0.25, -0.2) is 9.48 Å². The Morgan fingerprint density at radius 2 is 2.08 bits per heavy atom. The number of unbranched alkanes of at least 4 members (excludes halogenated alkanes) is 1. The summed E-state index contributed by atoms with van der Waals surface area (Å²) in [6.45, 7) is 4.82. The molecular weight excluding hydrogens is 166 g/mol. The van der Waals surface area contributed by atoms with Gasteiger partial charge in [0.15, 0.2) is 0 Å². The molecule has 0 N–H and O–H groups in total. The molecule has 74 valence electrons. The summed E-state index contributed by atoms with van der Waals surface area (Å²) in [5, 5.41) is 4.19. The molecule has 0 aliphatic heterocycles. The third kappa shape index (κ3) is 1.99. The van der Waals surface area contributed by atoms with Crippen molar-refractivity contribution in [3.63, 3.8) is 0 Å². The Balaban J connectivity index is 2.93. The number of nitrogens with zero attached hydrogens (tertiary/aromatic N) is 3. The van der Waals surface area contributed by atoms with E-state index in [0.717, 1.165) is 25.1 Å². The van der Waals surface area contributed by atoms with Gasteiger partial charge in [0.25, 0.3) is 0 Å². The van der Waals surface area contributed by atoms with Crippen LogP contribution >= 0.6 is 0 Å². The summed E-state index contributed by atoms with van der Waals surface area (Å²) in [6, 6.07) is 0. The average molecular weight is 183 g/mol. The molecule has 0 bridgehead atoms. The van der Waals surface area contributed by atoms with Crippen LogP contribution in [0.3, 0.4) is 0 Å². The highest BCUT2D eigenvalue weighted by molar-refractivity contribution is 4.87. The largest absolute Gasteiger partial charge is 0.345 e. The van der Waals surface area contributed by atoms with Crippen LogP contribution in [-0.2, 0) is 20.0 Å². The summed E-state index contributed by atoms with van der Waals surface area (Å²) >= 11 is 0. The molecule has 0 aliphatic carbocycles.